The molecule has 166 valence electrons. The molecule has 0 saturated carbocycles. The van der Waals surface area contributed by atoms with Gasteiger partial charge in [0.05, 0.1) is 21.4 Å². The minimum Gasteiger partial charge on any atom is -0.311 e. The molecule has 3 rings (SSSR count). The van der Waals surface area contributed by atoms with Crippen LogP contribution in [-0.2, 0) is 26.6 Å². The number of benzene rings is 3. The number of nitrogens with zero attached hydrogens (tertiary/aromatic N) is 1. The van der Waals surface area contributed by atoms with E-state index in [9.17, 15) is 16.8 Å². The fraction of sp³-hybridized carbons (Fsp3) is 0.136. The molecule has 3 aromatic carbocycles. The van der Waals surface area contributed by atoms with Crippen LogP contribution in [0.4, 0.5) is 0 Å². The molecule has 0 aliphatic carbocycles. The number of rotatable bonds is 9. The fourth-order valence-electron chi connectivity index (χ4n) is 3.11. The van der Waals surface area contributed by atoms with Gasteiger partial charge in [0.2, 0.25) is 20.0 Å². The van der Waals surface area contributed by atoms with Crippen molar-refractivity contribution in [3.05, 3.63) is 83.9 Å². The fourth-order valence-corrected chi connectivity index (χ4v) is 4.90. The third-order valence-corrected chi connectivity index (χ3v) is 7.09. The first kappa shape index (κ1) is 23.6. The minimum absolute atomic E-state index is 0.0277. The number of nitrogens with one attached hydrogen (secondary N) is 2. The van der Waals surface area contributed by atoms with Gasteiger partial charge in [0.1, 0.15) is 0 Å². The molecular formula is C22H22N4O4S2. The van der Waals surface area contributed by atoms with Crippen molar-refractivity contribution in [2.24, 2.45) is 5.14 Å². The van der Waals surface area contributed by atoms with E-state index in [2.05, 4.69) is 16.1 Å². The van der Waals surface area contributed by atoms with Crippen molar-refractivity contribution in [2.75, 3.05) is 13.1 Å². The Morgan fingerprint density at radius 2 is 1.59 bits per heavy atom. The molecule has 4 N–H and O–H groups in total. The largest absolute Gasteiger partial charge is 0.311 e. The number of nitriles is 1. The van der Waals surface area contributed by atoms with Gasteiger partial charge >= 0.3 is 0 Å². The van der Waals surface area contributed by atoms with Crippen molar-refractivity contribution in [3.63, 3.8) is 0 Å². The molecule has 0 heterocycles. The Morgan fingerprint density at radius 1 is 0.875 bits per heavy atom. The summed E-state index contributed by atoms with van der Waals surface area (Å²) in [4.78, 5) is 0.0381. The maximum absolute atomic E-state index is 12.5. The predicted octanol–water partition coefficient (Wildman–Crippen LogP) is 1.94. The van der Waals surface area contributed by atoms with Gasteiger partial charge in [-0.1, -0.05) is 42.5 Å². The summed E-state index contributed by atoms with van der Waals surface area (Å²) >= 11 is 0. The Morgan fingerprint density at radius 3 is 2.28 bits per heavy atom. The SMILES string of the molecule is N#Cc1cccc(CNCCNS(=O)(=O)c2ccc(-c3ccccc3S(N)(=O)=O)cc2)c1. The summed E-state index contributed by atoms with van der Waals surface area (Å²) in [5, 5.41) is 17.3. The Kier molecular flexibility index (Phi) is 7.40. The molecular weight excluding hydrogens is 448 g/mol. The van der Waals surface area contributed by atoms with E-state index in [0.717, 1.165) is 5.56 Å². The molecule has 0 aromatic heterocycles. The summed E-state index contributed by atoms with van der Waals surface area (Å²) in [6.45, 7) is 1.08. The molecule has 0 saturated heterocycles. The van der Waals surface area contributed by atoms with Crippen molar-refractivity contribution in [3.8, 4) is 17.2 Å². The molecule has 0 aliphatic rings. The summed E-state index contributed by atoms with van der Waals surface area (Å²) in [7, 11) is -7.64. The average Bonchev–Trinajstić information content (AvgIpc) is 2.78. The normalized spacial score (nSPS) is 11.8. The second-order valence-electron chi connectivity index (χ2n) is 6.95. The molecule has 0 fully saturated rings. The summed E-state index contributed by atoms with van der Waals surface area (Å²) in [6.07, 6.45) is 0. The molecule has 0 spiro atoms. The maximum Gasteiger partial charge on any atom is 0.240 e. The molecule has 0 amide bonds. The van der Waals surface area contributed by atoms with Crippen LogP contribution in [0, 0.1) is 11.3 Å². The summed E-state index contributed by atoms with van der Waals surface area (Å²) in [5.74, 6) is 0. The Bertz CT molecular complexity index is 1350. The molecule has 3 aromatic rings. The maximum atomic E-state index is 12.5. The van der Waals surface area contributed by atoms with Crippen LogP contribution in [0.15, 0.2) is 82.6 Å². The van der Waals surface area contributed by atoms with E-state index in [1.807, 2.05) is 6.07 Å². The van der Waals surface area contributed by atoms with E-state index in [1.54, 1.807) is 48.5 Å². The predicted molar refractivity (Wildman–Crippen MR) is 121 cm³/mol. The van der Waals surface area contributed by atoms with Crippen LogP contribution in [0.25, 0.3) is 11.1 Å². The van der Waals surface area contributed by atoms with E-state index < -0.39 is 20.0 Å². The number of hydrogen-bond acceptors (Lipinski definition) is 6. The highest BCUT2D eigenvalue weighted by molar-refractivity contribution is 7.89. The minimum atomic E-state index is -3.92. The molecule has 0 unspecified atom stereocenters. The zero-order valence-corrected chi connectivity index (χ0v) is 18.7. The highest BCUT2D eigenvalue weighted by atomic mass is 32.2. The van der Waals surface area contributed by atoms with Crippen LogP contribution in [0.2, 0.25) is 0 Å². The summed E-state index contributed by atoms with van der Waals surface area (Å²) < 4.78 is 51.2. The quantitative estimate of drug-likeness (QED) is 0.408. The van der Waals surface area contributed by atoms with Crippen LogP contribution < -0.4 is 15.2 Å². The first-order valence-electron chi connectivity index (χ1n) is 9.62. The topological polar surface area (TPSA) is 142 Å². The van der Waals surface area contributed by atoms with E-state index in [4.69, 9.17) is 10.4 Å². The number of hydrogen-bond donors (Lipinski definition) is 3. The van der Waals surface area contributed by atoms with Gasteiger partial charge in [-0.2, -0.15) is 5.26 Å². The second-order valence-corrected chi connectivity index (χ2v) is 10.2. The average molecular weight is 471 g/mol. The van der Waals surface area contributed by atoms with Crippen molar-refractivity contribution < 1.29 is 16.8 Å². The first-order valence-corrected chi connectivity index (χ1v) is 12.7. The van der Waals surface area contributed by atoms with Crippen LogP contribution in [-0.4, -0.2) is 29.9 Å². The van der Waals surface area contributed by atoms with Crippen LogP contribution in [0.3, 0.4) is 0 Å². The third kappa shape index (κ3) is 6.00. The van der Waals surface area contributed by atoms with Gasteiger partial charge in [-0.05, 0) is 41.5 Å². The van der Waals surface area contributed by atoms with E-state index in [0.29, 0.717) is 29.8 Å². The van der Waals surface area contributed by atoms with E-state index in [-0.39, 0.29) is 16.3 Å². The van der Waals surface area contributed by atoms with Crippen molar-refractivity contribution in [2.45, 2.75) is 16.3 Å². The smallest absolute Gasteiger partial charge is 0.240 e. The molecule has 0 radical (unpaired) electrons. The molecule has 0 aliphatic heterocycles. The first-order chi connectivity index (χ1) is 15.2. The van der Waals surface area contributed by atoms with Gasteiger partial charge in [0.25, 0.3) is 0 Å². The summed E-state index contributed by atoms with van der Waals surface area (Å²) in [6, 6.07) is 21.4. The lowest BCUT2D eigenvalue weighted by Gasteiger charge is -2.10. The van der Waals surface area contributed by atoms with Gasteiger partial charge < -0.3 is 5.32 Å². The zero-order chi connectivity index (χ0) is 23.2. The van der Waals surface area contributed by atoms with E-state index >= 15 is 0 Å². The van der Waals surface area contributed by atoms with Crippen LogP contribution in [0.5, 0.6) is 0 Å². The van der Waals surface area contributed by atoms with Crippen LogP contribution >= 0.6 is 0 Å². The van der Waals surface area contributed by atoms with Gasteiger partial charge in [0.15, 0.2) is 0 Å². The molecule has 0 atom stereocenters. The Balaban J connectivity index is 1.60. The molecule has 8 nitrogen and oxygen atoms in total. The molecule has 32 heavy (non-hydrogen) atoms. The monoisotopic (exact) mass is 470 g/mol. The van der Waals surface area contributed by atoms with Crippen molar-refractivity contribution in [1.29, 1.82) is 5.26 Å². The molecule has 0 bridgehead atoms. The number of sulfonamides is 2. The standard InChI is InChI=1S/C22H22N4O4S2/c23-15-17-4-3-5-18(14-17)16-25-12-13-26-32(29,30)20-10-8-19(9-11-20)21-6-1-2-7-22(21)31(24,27)28/h1-11,14,25-26H,12-13,16H2,(H2,24,27,28). The zero-order valence-electron chi connectivity index (χ0n) is 17.0. The highest BCUT2D eigenvalue weighted by Crippen LogP contribution is 2.27. The van der Waals surface area contributed by atoms with Gasteiger partial charge in [0, 0.05) is 25.2 Å². The Labute approximate surface area is 187 Å². The number of primary sulfonamides is 1. The molecule has 10 heteroatoms. The van der Waals surface area contributed by atoms with Crippen molar-refractivity contribution >= 4 is 20.0 Å². The van der Waals surface area contributed by atoms with Gasteiger partial charge in [-0.3, -0.25) is 0 Å². The van der Waals surface area contributed by atoms with Gasteiger partial charge in [-0.25, -0.2) is 26.7 Å². The van der Waals surface area contributed by atoms with Gasteiger partial charge in [-0.15, -0.1) is 0 Å². The second kappa shape index (κ2) is 10.0. The van der Waals surface area contributed by atoms with Crippen LogP contribution in [0.1, 0.15) is 11.1 Å². The number of nitrogens with two attached hydrogens (primary N) is 1. The highest BCUT2D eigenvalue weighted by Gasteiger charge is 2.17. The van der Waals surface area contributed by atoms with E-state index in [1.165, 1.54) is 18.2 Å². The lowest BCUT2D eigenvalue weighted by Crippen LogP contribution is -2.31. The third-order valence-electron chi connectivity index (χ3n) is 4.65. The van der Waals surface area contributed by atoms with Crippen molar-refractivity contribution in [1.82, 2.24) is 10.0 Å². The lowest BCUT2D eigenvalue weighted by atomic mass is 10.1. The summed E-state index contributed by atoms with van der Waals surface area (Å²) in [5.41, 5.74) is 2.44. The Hall–Kier alpha value is -3.07. The lowest BCUT2D eigenvalue weighted by molar-refractivity contribution is 0.575.